The van der Waals surface area contributed by atoms with Gasteiger partial charge in [-0.25, -0.2) is 9.82 Å². The van der Waals surface area contributed by atoms with Crippen molar-refractivity contribution in [2.24, 2.45) is 5.10 Å². The molecular formula is C20H17FN4O. The van der Waals surface area contributed by atoms with E-state index in [2.05, 4.69) is 28.9 Å². The molecule has 1 N–H and O–H groups in total. The van der Waals surface area contributed by atoms with Crippen molar-refractivity contribution in [2.75, 3.05) is 0 Å². The van der Waals surface area contributed by atoms with E-state index in [0.717, 1.165) is 22.5 Å². The van der Waals surface area contributed by atoms with E-state index in [1.54, 1.807) is 6.21 Å². The van der Waals surface area contributed by atoms with Gasteiger partial charge in [0.25, 0.3) is 5.91 Å². The van der Waals surface area contributed by atoms with Gasteiger partial charge in [0, 0.05) is 28.7 Å². The lowest BCUT2D eigenvalue weighted by atomic mass is 10.1. The summed E-state index contributed by atoms with van der Waals surface area (Å²) < 4.78 is 16.0. The maximum absolute atomic E-state index is 13.9. The van der Waals surface area contributed by atoms with E-state index in [4.69, 9.17) is 5.26 Å². The second-order valence-corrected chi connectivity index (χ2v) is 6.11. The molecule has 3 aromatic rings. The summed E-state index contributed by atoms with van der Waals surface area (Å²) in [6, 6.07) is 13.7. The molecule has 1 amide bonds. The SMILES string of the molecule is CC(C)n1cc(C=NNC(=O)c2ccc(C#N)cc2F)c2ccccc21. The fourth-order valence-electron chi connectivity index (χ4n) is 2.75. The van der Waals surface area contributed by atoms with E-state index < -0.39 is 11.7 Å². The number of carbonyl (C=O) groups excluding carboxylic acids is 1. The number of fused-ring (bicyclic) bond motifs is 1. The lowest BCUT2D eigenvalue weighted by molar-refractivity contribution is 0.0951. The largest absolute Gasteiger partial charge is 0.344 e. The first kappa shape index (κ1) is 17.4. The van der Waals surface area contributed by atoms with Gasteiger partial charge < -0.3 is 4.57 Å². The number of carbonyl (C=O) groups is 1. The molecule has 5 nitrogen and oxygen atoms in total. The zero-order chi connectivity index (χ0) is 18.7. The summed E-state index contributed by atoms with van der Waals surface area (Å²) in [6.45, 7) is 4.17. The zero-order valence-electron chi connectivity index (χ0n) is 14.4. The Kier molecular flexibility index (Phi) is 4.81. The van der Waals surface area contributed by atoms with Crippen molar-refractivity contribution in [2.45, 2.75) is 19.9 Å². The Hall–Kier alpha value is -3.46. The number of para-hydroxylation sites is 1. The van der Waals surface area contributed by atoms with Crippen LogP contribution < -0.4 is 5.43 Å². The van der Waals surface area contributed by atoms with Crippen LogP contribution in [0.3, 0.4) is 0 Å². The first-order chi connectivity index (χ1) is 12.5. The fourth-order valence-corrected chi connectivity index (χ4v) is 2.75. The predicted octanol–water partition coefficient (Wildman–Crippen LogP) is 4.00. The van der Waals surface area contributed by atoms with E-state index in [9.17, 15) is 9.18 Å². The predicted molar refractivity (Wildman–Crippen MR) is 98.5 cm³/mol. The van der Waals surface area contributed by atoms with Crippen LogP contribution in [0.4, 0.5) is 4.39 Å². The third-order valence-corrected chi connectivity index (χ3v) is 4.04. The summed E-state index contributed by atoms with van der Waals surface area (Å²) in [5.41, 5.74) is 4.26. The van der Waals surface area contributed by atoms with Crippen LogP contribution in [0.15, 0.2) is 53.8 Å². The number of hydrogen-bond donors (Lipinski definition) is 1. The molecule has 0 radical (unpaired) electrons. The Labute approximate surface area is 150 Å². The summed E-state index contributed by atoms with van der Waals surface area (Å²) in [4.78, 5) is 12.1. The average molecular weight is 348 g/mol. The van der Waals surface area contributed by atoms with Gasteiger partial charge in [-0.1, -0.05) is 18.2 Å². The molecule has 0 unspecified atom stereocenters. The van der Waals surface area contributed by atoms with Gasteiger partial charge in [-0.15, -0.1) is 0 Å². The quantitative estimate of drug-likeness (QED) is 0.572. The van der Waals surface area contributed by atoms with Gasteiger partial charge in [0.1, 0.15) is 5.82 Å². The number of nitrogens with one attached hydrogen (secondary N) is 1. The molecule has 130 valence electrons. The number of nitriles is 1. The normalized spacial score (nSPS) is 11.2. The minimum absolute atomic E-state index is 0.157. The van der Waals surface area contributed by atoms with Gasteiger partial charge >= 0.3 is 0 Å². The molecule has 6 heteroatoms. The molecule has 0 saturated carbocycles. The summed E-state index contributed by atoms with van der Waals surface area (Å²) in [6.07, 6.45) is 3.51. The van der Waals surface area contributed by atoms with Crippen molar-refractivity contribution >= 4 is 23.0 Å². The molecule has 0 fully saturated rings. The summed E-state index contributed by atoms with van der Waals surface area (Å²) in [5, 5.41) is 13.7. The molecular weight excluding hydrogens is 331 g/mol. The first-order valence-electron chi connectivity index (χ1n) is 8.14. The van der Waals surface area contributed by atoms with Crippen molar-refractivity contribution in [3.63, 3.8) is 0 Å². The summed E-state index contributed by atoms with van der Waals surface area (Å²) in [5.74, 6) is -1.43. The van der Waals surface area contributed by atoms with Crippen LogP contribution in [0.25, 0.3) is 10.9 Å². The fraction of sp³-hybridized carbons (Fsp3) is 0.150. The lowest BCUT2D eigenvalue weighted by Gasteiger charge is -2.08. The minimum atomic E-state index is -0.756. The van der Waals surface area contributed by atoms with E-state index in [1.807, 2.05) is 36.5 Å². The highest BCUT2D eigenvalue weighted by Crippen LogP contribution is 2.23. The van der Waals surface area contributed by atoms with Crippen molar-refractivity contribution in [1.29, 1.82) is 5.26 Å². The van der Waals surface area contributed by atoms with Gasteiger partial charge in [-0.2, -0.15) is 10.4 Å². The third-order valence-electron chi connectivity index (χ3n) is 4.04. The van der Waals surface area contributed by atoms with Crippen molar-refractivity contribution < 1.29 is 9.18 Å². The van der Waals surface area contributed by atoms with Crippen molar-refractivity contribution in [3.05, 3.63) is 71.2 Å². The van der Waals surface area contributed by atoms with Crippen LogP contribution in [0.1, 0.15) is 41.4 Å². The van der Waals surface area contributed by atoms with E-state index in [-0.39, 0.29) is 17.2 Å². The van der Waals surface area contributed by atoms with E-state index in [1.165, 1.54) is 12.1 Å². The van der Waals surface area contributed by atoms with Gasteiger partial charge in [0.15, 0.2) is 0 Å². The molecule has 0 aliphatic carbocycles. The van der Waals surface area contributed by atoms with Crippen molar-refractivity contribution in [1.82, 2.24) is 9.99 Å². The number of nitrogens with zero attached hydrogens (tertiary/aromatic N) is 3. The molecule has 0 bridgehead atoms. The number of halogens is 1. The molecule has 1 heterocycles. The van der Waals surface area contributed by atoms with E-state index >= 15 is 0 Å². The Morgan fingerprint density at radius 2 is 2.08 bits per heavy atom. The molecule has 0 atom stereocenters. The molecule has 2 aromatic carbocycles. The maximum atomic E-state index is 13.9. The number of benzene rings is 2. The van der Waals surface area contributed by atoms with Gasteiger partial charge in [-0.05, 0) is 38.1 Å². The molecule has 26 heavy (non-hydrogen) atoms. The minimum Gasteiger partial charge on any atom is -0.344 e. The number of hydrazone groups is 1. The van der Waals surface area contributed by atoms with Crippen LogP contribution in [0.2, 0.25) is 0 Å². The van der Waals surface area contributed by atoms with Crippen LogP contribution >= 0.6 is 0 Å². The highest BCUT2D eigenvalue weighted by molar-refractivity contribution is 6.00. The topological polar surface area (TPSA) is 70.2 Å². The Morgan fingerprint density at radius 3 is 2.77 bits per heavy atom. The van der Waals surface area contributed by atoms with Crippen molar-refractivity contribution in [3.8, 4) is 6.07 Å². The van der Waals surface area contributed by atoms with Crippen LogP contribution in [-0.4, -0.2) is 16.7 Å². The lowest BCUT2D eigenvalue weighted by Crippen LogP contribution is -2.19. The number of amides is 1. The molecule has 0 aliphatic heterocycles. The first-order valence-corrected chi connectivity index (χ1v) is 8.14. The molecule has 0 aliphatic rings. The average Bonchev–Trinajstić information content (AvgIpc) is 3.00. The monoisotopic (exact) mass is 348 g/mol. The number of aromatic nitrogens is 1. The smallest absolute Gasteiger partial charge is 0.274 e. The highest BCUT2D eigenvalue weighted by atomic mass is 19.1. The van der Waals surface area contributed by atoms with Gasteiger partial charge in [0.05, 0.1) is 23.4 Å². The molecule has 0 saturated heterocycles. The molecule has 3 rings (SSSR count). The number of hydrogen-bond acceptors (Lipinski definition) is 3. The zero-order valence-corrected chi connectivity index (χ0v) is 14.4. The highest BCUT2D eigenvalue weighted by Gasteiger charge is 2.12. The Morgan fingerprint density at radius 1 is 1.31 bits per heavy atom. The van der Waals surface area contributed by atoms with Crippen LogP contribution in [0, 0.1) is 17.1 Å². The second-order valence-electron chi connectivity index (χ2n) is 6.11. The maximum Gasteiger partial charge on any atom is 0.274 e. The molecule has 1 aromatic heterocycles. The van der Waals surface area contributed by atoms with E-state index in [0.29, 0.717) is 0 Å². The standard InChI is InChI=1S/C20H17FN4O/c1-13(2)25-12-15(16-5-3-4-6-19(16)25)11-23-24-20(26)17-8-7-14(10-22)9-18(17)21/h3-9,11-13H,1-2H3,(H,24,26). The van der Waals surface area contributed by atoms with Crippen LogP contribution in [-0.2, 0) is 0 Å². The Bertz CT molecular complexity index is 1040. The van der Waals surface area contributed by atoms with Gasteiger partial charge in [0.2, 0.25) is 0 Å². The second kappa shape index (κ2) is 7.19. The van der Waals surface area contributed by atoms with Gasteiger partial charge in [-0.3, -0.25) is 4.79 Å². The summed E-state index contributed by atoms with van der Waals surface area (Å²) in [7, 11) is 0. The number of rotatable bonds is 4. The molecule has 0 spiro atoms. The Balaban J connectivity index is 1.82. The third kappa shape index (κ3) is 3.33. The summed E-state index contributed by atoms with van der Waals surface area (Å²) >= 11 is 0. The van der Waals surface area contributed by atoms with Crippen LogP contribution in [0.5, 0.6) is 0 Å².